The molecule has 0 aliphatic carbocycles. The Morgan fingerprint density at radius 1 is 1.32 bits per heavy atom. The van der Waals surface area contributed by atoms with E-state index in [4.69, 9.17) is 28.9 Å². The first-order chi connectivity index (χ1) is 10.2. The maximum absolute atomic E-state index is 12.9. The molecule has 1 atom stereocenters. The Morgan fingerprint density at radius 3 is 2.41 bits per heavy atom. The van der Waals surface area contributed by atoms with Crippen LogP contribution in [0.25, 0.3) is 0 Å². The maximum Gasteiger partial charge on any atom is 0.396 e. The van der Waals surface area contributed by atoms with Crippen molar-refractivity contribution in [2.24, 2.45) is 11.7 Å². The SMILES string of the molecule is NC(=O)C1=CN(Cc2c(Cl)cccc2Cl)CC[C@H]1C(F)(F)F. The van der Waals surface area contributed by atoms with E-state index < -0.39 is 23.6 Å². The normalized spacial score (nSPS) is 19.0. The van der Waals surface area contributed by atoms with Crippen LogP contribution in [-0.4, -0.2) is 23.5 Å². The van der Waals surface area contributed by atoms with Gasteiger partial charge in [0.15, 0.2) is 0 Å². The Balaban J connectivity index is 2.28. The van der Waals surface area contributed by atoms with Crippen molar-refractivity contribution in [3.8, 4) is 0 Å². The molecule has 0 unspecified atom stereocenters. The van der Waals surface area contributed by atoms with Gasteiger partial charge in [-0.1, -0.05) is 29.3 Å². The summed E-state index contributed by atoms with van der Waals surface area (Å²) in [7, 11) is 0. The summed E-state index contributed by atoms with van der Waals surface area (Å²) in [5.74, 6) is -2.90. The van der Waals surface area contributed by atoms with E-state index in [1.54, 1.807) is 23.1 Å². The predicted molar refractivity (Wildman–Crippen MR) is 78.3 cm³/mol. The minimum atomic E-state index is -4.49. The molecule has 1 aromatic carbocycles. The first-order valence-corrected chi connectivity index (χ1v) is 7.21. The van der Waals surface area contributed by atoms with E-state index in [9.17, 15) is 18.0 Å². The van der Waals surface area contributed by atoms with E-state index in [2.05, 4.69) is 0 Å². The lowest BCUT2D eigenvalue weighted by atomic mass is 9.91. The third-order valence-electron chi connectivity index (χ3n) is 3.50. The third kappa shape index (κ3) is 3.67. The fourth-order valence-electron chi connectivity index (χ4n) is 2.39. The van der Waals surface area contributed by atoms with Gasteiger partial charge in [-0.05, 0) is 18.6 Å². The zero-order chi connectivity index (χ0) is 16.5. The largest absolute Gasteiger partial charge is 0.396 e. The van der Waals surface area contributed by atoms with Crippen LogP contribution in [0.5, 0.6) is 0 Å². The molecule has 120 valence electrons. The summed E-state index contributed by atoms with van der Waals surface area (Å²) in [6.07, 6.45) is -3.57. The second-order valence-corrected chi connectivity index (χ2v) is 5.82. The number of benzene rings is 1. The minimum Gasteiger partial charge on any atom is -0.372 e. The highest BCUT2D eigenvalue weighted by Gasteiger charge is 2.45. The van der Waals surface area contributed by atoms with Gasteiger partial charge in [0, 0.05) is 40.5 Å². The van der Waals surface area contributed by atoms with Crippen LogP contribution in [-0.2, 0) is 11.3 Å². The molecule has 2 N–H and O–H groups in total. The number of nitrogens with zero attached hydrogens (tertiary/aromatic N) is 1. The van der Waals surface area contributed by atoms with E-state index in [0.717, 1.165) is 6.20 Å². The van der Waals surface area contributed by atoms with Gasteiger partial charge in [-0.3, -0.25) is 4.79 Å². The maximum atomic E-state index is 12.9. The molecule has 0 saturated carbocycles. The summed E-state index contributed by atoms with van der Waals surface area (Å²) in [6, 6.07) is 4.96. The molecule has 1 aliphatic heterocycles. The lowest BCUT2D eigenvalue weighted by Crippen LogP contribution is -2.39. The molecule has 1 aromatic rings. The van der Waals surface area contributed by atoms with Crippen molar-refractivity contribution in [1.29, 1.82) is 0 Å². The lowest BCUT2D eigenvalue weighted by molar-refractivity contribution is -0.170. The zero-order valence-electron chi connectivity index (χ0n) is 11.3. The monoisotopic (exact) mass is 352 g/mol. The molecule has 22 heavy (non-hydrogen) atoms. The second kappa shape index (κ2) is 6.38. The fraction of sp³-hybridized carbons (Fsp3) is 0.357. The van der Waals surface area contributed by atoms with Gasteiger partial charge in [-0.2, -0.15) is 13.2 Å². The number of carbonyl (C=O) groups excluding carboxylic acids is 1. The van der Waals surface area contributed by atoms with Gasteiger partial charge in [0.1, 0.15) is 0 Å². The fourth-order valence-corrected chi connectivity index (χ4v) is 2.91. The van der Waals surface area contributed by atoms with Crippen LogP contribution in [0.1, 0.15) is 12.0 Å². The molecule has 0 aromatic heterocycles. The molecule has 2 rings (SSSR count). The van der Waals surface area contributed by atoms with Crippen LogP contribution in [0.3, 0.4) is 0 Å². The Kier molecular flexibility index (Phi) is 4.92. The number of amides is 1. The van der Waals surface area contributed by atoms with E-state index in [0.29, 0.717) is 15.6 Å². The number of hydrogen-bond acceptors (Lipinski definition) is 2. The number of halogens is 5. The molecular weight excluding hydrogens is 340 g/mol. The zero-order valence-corrected chi connectivity index (χ0v) is 12.8. The molecular formula is C14H13Cl2F3N2O. The number of primary amides is 1. The quantitative estimate of drug-likeness (QED) is 0.900. The van der Waals surface area contributed by atoms with Crippen molar-refractivity contribution in [3.05, 3.63) is 45.6 Å². The van der Waals surface area contributed by atoms with Crippen LogP contribution in [0.2, 0.25) is 10.0 Å². The Bertz CT molecular complexity index is 596. The highest BCUT2D eigenvalue weighted by Crippen LogP contribution is 2.38. The van der Waals surface area contributed by atoms with Crippen LogP contribution < -0.4 is 5.73 Å². The highest BCUT2D eigenvalue weighted by atomic mass is 35.5. The molecule has 3 nitrogen and oxygen atoms in total. The van der Waals surface area contributed by atoms with Gasteiger partial charge in [0.2, 0.25) is 5.91 Å². The van der Waals surface area contributed by atoms with E-state index in [1.165, 1.54) is 0 Å². The van der Waals surface area contributed by atoms with E-state index >= 15 is 0 Å². The number of nitrogens with two attached hydrogens (primary N) is 1. The first kappa shape index (κ1) is 17.0. The van der Waals surface area contributed by atoms with E-state index in [1.807, 2.05) is 0 Å². The minimum absolute atomic E-state index is 0.127. The van der Waals surface area contributed by atoms with E-state index in [-0.39, 0.29) is 19.5 Å². The van der Waals surface area contributed by atoms with Crippen LogP contribution >= 0.6 is 23.2 Å². The summed E-state index contributed by atoms with van der Waals surface area (Å²) in [5, 5.41) is 0.832. The molecule has 0 fully saturated rings. The molecule has 1 heterocycles. The van der Waals surface area contributed by atoms with Gasteiger partial charge >= 0.3 is 6.18 Å². The molecule has 8 heteroatoms. The summed E-state index contributed by atoms with van der Waals surface area (Å²) in [5.41, 5.74) is 5.23. The topological polar surface area (TPSA) is 46.3 Å². The van der Waals surface area contributed by atoms with Crippen molar-refractivity contribution in [2.75, 3.05) is 6.54 Å². The number of carbonyl (C=O) groups is 1. The van der Waals surface area contributed by atoms with Gasteiger partial charge < -0.3 is 10.6 Å². The van der Waals surface area contributed by atoms with Gasteiger partial charge in [0.05, 0.1) is 5.92 Å². The summed E-state index contributed by atoms with van der Waals surface area (Å²) >= 11 is 12.1. The second-order valence-electron chi connectivity index (χ2n) is 5.00. The average molecular weight is 353 g/mol. The summed E-state index contributed by atoms with van der Waals surface area (Å²) < 4.78 is 38.8. The Labute approximate surface area is 135 Å². The number of rotatable bonds is 3. The van der Waals surface area contributed by atoms with Crippen molar-refractivity contribution in [3.63, 3.8) is 0 Å². The molecule has 1 aliphatic rings. The molecule has 1 amide bonds. The standard InChI is InChI=1S/C14H13Cl2F3N2O/c15-11-2-1-3-12(16)9(11)7-21-5-4-10(14(17,18)19)8(6-21)13(20)22/h1-3,6,10H,4-5,7H2,(H2,20,22)/t10-/m1/s1. The van der Waals surface area contributed by atoms with Gasteiger partial charge in [-0.25, -0.2) is 0 Å². The van der Waals surface area contributed by atoms with Gasteiger partial charge in [-0.15, -0.1) is 0 Å². The smallest absolute Gasteiger partial charge is 0.372 e. The molecule has 0 spiro atoms. The summed E-state index contributed by atoms with van der Waals surface area (Å²) in [6.45, 7) is 0.336. The first-order valence-electron chi connectivity index (χ1n) is 6.45. The highest BCUT2D eigenvalue weighted by molar-refractivity contribution is 6.35. The number of alkyl halides is 3. The van der Waals surface area contributed by atoms with Crippen LogP contribution in [0.4, 0.5) is 13.2 Å². The lowest BCUT2D eigenvalue weighted by Gasteiger charge is -2.32. The summed E-state index contributed by atoms with van der Waals surface area (Å²) in [4.78, 5) is 12.9. The van der Waals surface area contributed by atoms with Crippen molar-refractivity contribution in [2.45, 2.75) is 19.1 Å². The third-order valence-corrected chi connectivity index (χ3v) is 4.21. The molecule has 0 bridgehead atoms. The van der Waals surface area contributed by atoms with Crippen molar-refractivity contribution >= 4 is 29.1 Å². The van der Waals surface area contributed by atoms with Crippen molar-refractivity contribution in [1.82, 2.24) is 4.90 Å². The Morgan fingerprint density at radius 2 is 1.91 bits per heavy atom. The van der Waals surface area contributed by atoms with Crippen LogP contribution in [0, 0.1) is 5.92 Å². The number of hydrogen-bond donors (Lipinski definition) is 1. The average Bonchev–Trinajstić information content (AvgIpc) is 2.41. The Hall–Kier alpha value is -1.40. The predicted octanol–water partition coefficient (Wildman–Crippen LogP) is 3.75. The van der Waals surface area contributed by atoms with Gasteiger partial charge in [0.25, 0.3) is 0 Å². The molecule has 0 saturated heterocycles. The van der Waals surface area contributed by atoms with Crippen LogP contribution in [0.15, 0.2) is 30.0 Å². The van der Waals surface area contributed by atoms with Crippen molar-refractivity contribution < 1.29 is 18.0 Å². The molecule has 0 radical (unpaired) electrons.